The van der Waals surface area contributed by atoms with Crippen molar-refractivity contribution in [3.05, 3.63) is 40.9 Å². The molecule has 4 rings (SSSR count). The van der Waals surface area contributed by atoms with Crippen molar-refractivity contribution in [3.8, 4) is 0 Å². The summed E-state index contributed by atoms with van der Waals surface area (Å²) < 4.78 is 0. The van der Waals surface area contributed by atoms with Gasteiger partial charge in [0.25, 0.3) is 5.91 Å². The van der Waals surface area contributed by atoms with Crippen LogP contribution in [-0.4, -0.2) is 52.8 Å². The van der Waals surface area contributed by atoms with Crippen LogP contribution in [0.3, 0.4) is 0 Å². The lowest BCUT2D eigenvalue weighted by Gasteiger charge is -2.36. The number of aryl methyl sites for hydroxylation is 1. The van der Waals surface area contributed by atoms with Crippen LogP contribution in [0.5, 0.6) is 0 Å². The van der Waals surface area contributed by atoms with Crippen molar-refractivity contribution < 1.29 is 9.59 Å². The summed E-state index contributed by atoms with van der Waals surface area (Å²) >= 11 is 1.43. The second-order valence-electron chi connectivity index (χ2n) is 8.60. The molecule has 6 nitrogen and oxygen atoms in total. The van der Waals surface area contributed by atoms with Gasteiger partial charge >= 0.3 is 0 Å². The van der Waals surface area contributed by atoms with Gasteiger partial charge in [0.15, 0.2) is 5.13 Å². The molecule has 2 fully saturated rings. The van der Waals surface area contributed by atoms with Crippen molar-refractivity contribution in [2.24, 2.45) is 11.8 Å². The summed E-state index contributed by atoms with van der Waals surface area (Å²) in [5.74, 6) is 1.02. The van der Waals surface area contributed by atoms with E-state index >= 15 is 0 Å². The molecule has 3 heterocycles. The minimum Gasteiger partial charge on any atom is -0.342 e. The van der Waals surface area contributed by atoms with E-state index in [4.69, 9.17) is 0 Å². The third-order valence-electron chi connectivity index (χ3n) is 6.25. The molecular weight excluding hydrogens is 396 g/mol. The van der Waals surface area contributed by atoms with Crippen LogP contribution in [0.4, 0.5) is 10.8 Å². The largest absolute Gasteiger partial charge is 0.342 e. The fourth-order valence-corrected chi connectivity index (χ4v) is 4.87. The summed E-state index contributed by atoms with van der Waals surface area (Å²) in [6.45, 7) is 7.32. The molecule has 2 aliphatic rings. The van der Waals surface area contributed by atoms with Crippen LogP contribution >= 0.6 is 11.3 Å². The highest BCUT2D eigenvalue weighted by molar-refractivity contribution is 7.14. The van der Waals surface area contributed by atoms with Gasteiger partial charge < -0.3 is 15.1 Å². The van der Waals surface area contributed by atoms with E-state index in [1.165, 1.54) is 16.9 Å². The van der Waals surface area contributed by atoms with Gasteiger partial charge in [0.1, 0.15) is 5.69 Å². The summed E-state index contributed by atoms with van der Waals surface area (Å²) in [7, 11) is 0. The molecule has 1 aromatic carbocycles. The van der Waals surface area contributed by atoms with E-state index in [0.29, 0.717) is 23.9 Å². The zero-order chi connectivity index (χ0) is 21.1. The first-order valence-corrected chi connectivity index (χ1v) is 11.7. The molecule has 2 aromatic rings. The Hall–Kier alpha value is -2.41. The number of carbonyl (C=O) groups is 2. The maximum absolute atomic E-state index is 12.9. The minimum atomic E-state index is -0.0408. The number of benzene rings is 1. The molecule has 0 spiro atoms. The summed E-state index contributed by atoms with van der Waals surface area (Å²) in [6, 6.07) is 8.09. The molecule has 0 atom stereocenters. The molecule has 1 aromatic heterocycles. The smallest absolute Gasteiger partial charge is 0.273 e. The zero-order valence-corrected chi connectivity index (χ0v) is 18.6. The molecule has 160 valence electrons. The first-order chi connectivity index (χ1) is 14.5. The fraction of sp³-hybridized carbons (Fsp3) is 0.522. The van der Waals surface area contributed by atoms with Crippen molar-refractivity contribution in [1.29, 1.82) is 0 Å². The lowest BCUT2D eigenvalue weighted by atomic mass is 9.92. The highest BCUT2D eigenvalue weighted by atomic mass is 32.1. The number of nitrogens with zero attached hydrogens (tertiary/aromatic N) is 3. The molecule has 0 unspecified atom stereocenters. The quantitative estimate of drug-likeness (QED) is 0.791. The Kier molecular flexibility index (Phi) is 6.37. The number of amides is 2. The van der Waals surface area contributed by atoms with Crippen LogP contribution in [-0.2, 0) is 4.79 Å². The minimum absolute atomic E-state index is 0.0408. The molecule has 2 amide bonds. The Morgan fingerprint density at radius 2 is 1.63 bits per heavy atom. The van der Waals surface area contributed by atoms with Crippen molar-refractivity contribution in [2.75, 3.05) is 31.5 Å². The zero-order valence-electron chi connectivity index (χ0n) is 17.8. The first kappa shape index (κ1) is 20.8. The van der Waals surface area contributed by atoms with Gasteiger partial charge in [-0.15, -0.1) is 11.3 Å². The third kappa shape index (κ3) is 4.83. The van der Waals surface area contributed by atoms with E-state index in [0.717, 1.165) is 50.4 Å². The van der Waals surface area contributed by atoms with Crippen LogP contribution in [0, 0.1) is 18.8 Å². The molecule has 1 N–H and O–H groups in total. The number of nitrogens with one attached hydrogen (secondary N) is 1. The Morgan fingerprint density at radius 1 is 1.00 bits per heavy atom. The van der Waals surface area contributed by atoms with Crippen LogP contribution in [0.25, 0.3) is 0 Å². The van der Waals surface area contributed by atoms with Gasteiger partial charge in [0.2, 0.25) is 5.91 Å². The number of rotatable bonds is 4. The van der Waals surface area contributed by atoms with Crippen LogP contribution in [0.2, 0.25) is 0 Å². The number of piperidine rings is 2. The van der Waals surface area contributed by atoms with Crippen molar-refractivity contribution in [2.45, 2.75) is 39.5 Å². The van der Waals surface area contributed by atoms with E-state index in [1.54, 1.807) is 0 Å². The molecule has 0 aliphatic carbocycles. The molecule has 0 saturated carbocycles. The van der Waals surface area contributed by atoms with Gasteiger partial charge in [-0.1, -0.05) is 24.6 Å². The molecule has 2 saturated heterocycles. The van der Waals surface area contributed by atoms with E-state index in [2.05, 4.69) is 17.2 Å². The van der Waals surface area contributed by atoms with Gasteiger partial charge in [-0.25, -0.2) is 4.98 Å². The Labute approximate surface area is 182 Å². The number of hydrogen-bond acceptors (Lipinski definition) is 5. The normalized spacial score (nSPS) is 18.5. The van der Waals surface area contributed by atoms with Gasteiger partial charge in [0.05, 0.1) is 0 Å². The average Bonchev–Trinajstić information content (AvgIpc) is 3.23. The standard InChI is InChI=1S/C23H30N4O2S/c1-16-3-5-19(6-4-16)24-23-25-20(15-30-23)22(29)27-13-9-18(10-14-27)21(28)26-11-7-17(2)8-12-26/h3-6,15,17-18H,7-14H2,1-2H3,(H,24,25). The topological polar surface area (TPSA) is 65.5 Å². The SMILES string of the molecule is Cc1ccc(Nc2nc(C(=O)N3CCC(C(=O)N4CCC(C)CC4)CC3)cs2)cc1. The third-order valence-corrected chi connectivity index (χ3v) is 7.01. The average molecular weight is 427 g/mol. The predicted molar refractivity (Wildman–Crippen MR) is 120 cm³/mol. The number of likely N-dealkylation sites (tertiary alicyclic amines) is 2. The van der Waals surface area contributed by atoms with Crippen LogP contribution < -0.4 is 5.32 Å². The number of carbonyl (C=O) groups excluding carboxylic acids is 2. The number of thiazole rings is 1. The molecule has 0 bridgehead atoms. The van der Waals surface area contributed by atoms with E-state index < -0.39 is 0 Å². The lowest BCUT2D eigenvalue weighted by Crippen LogP contribution is -2.46. The molecular formula is C23H30N4O2S. The second-order valence-corrected chi connectivity index (χ2v) is 9.46. The maximum atomic E-state index is 12.9. The number of hydrogen-bond donors (Lipinski definition) is 1. The predicted octanol–water partition coefficient (Wildman–Crippen LogP) is 4.31. The van der Waals surface area contributed by atoms with Gasteiger partial charge in [-0.05, 0) is 50.7 Å². The van der Waals surface area contributed by atoms with E-state index in [1.807, 2.05) is 46.4 Å². The Morgan fingerprint density at radius 3 is 2.30 bits per heavy atom. The fourth-order valence-electron chi connectivity index (χ4n) is 4.17. The van der Waals surface area contributed by atoms with Crippen molar-refractivity contribution >= 4 is 34.0 Å². The van der Waals surface area contributed by atoms with Gasteiger partial charge in [-0.3, -0.25) is 9.59 Å². The molecule has 30 heavy (non-hydrogen) atoms. The lowest BCUT2D eigenvalue weighted by molar-refractivity contribution is -0.138. The summed E-state index contributed by atoms with van der Waals surface area (Å²) in [5.41, 5.74) is 2.64. The Bertz CT molecular complexity index is 879. The summed E-state index contributed by atoms with van der Waals surface area (Å²) in [4.78, 5) is 34.0. The summed E-state index contributed by atoms with van der Waals surface area (Å²) in [6.07, 6.45) is 3.70. The van der Waals surface area contributed by atoms with Gasteiger partial charge in [0, 0.05) is 43.2 Å². The van der Waals surface area contributed by atoms with Crippen molar-refractivity contribution in [1.82, 2.24) is 14.8 Å². The molecule has 0 radical (unpaired) electrons. The van der Waals surface area contributed by atoms with E-state index in [-0.39, 0.29) is 17.7 Å². The van der Waals surface area contributed by atoms with Crippen molar-refractivity contribution in [3.63, 3.8) is 0 Å². The van der Waals surface area contributed by atoms with Crippen LogP contribution in [0.1, 0.15) is 48.7 Å². The second kappa shape index (κ2) is 9.16. The highest BCUT2D eigenvalue weighted by Crippen LogP contribution is 2.26. The van der Waals surface area contributed by atoms with Gasteiger partial charge in [-0.2, -0.15) is 0 Å². The molecule has 2 aliphatic heterocycles. The number of aromatic nitrogens is 1. The highest BCUT2D eigenvalue weighted by Gasteiger charge is 2.32. The Balaban J connectivity index is 1.29. The first-order valence-electron chi connectivity index (χ1n) is 10.9. The van der Waals surface area contributed by atoms with E-state index in [9.17, 15) is 9.59 Å². The maximum Gasteiger partial charge on any atom is 0.273 e. The molecule has 7 heteroatoms. The summed E-state index contributed by atoms with van der Waals surface area (Å²) in [5, 5.41) is 5.78. The monoisotopic (exact) mass is 426 g/mol. The number of anilines is 2. The van der Waals surface area contributed by atoms with Crippen LogP contribution in [0.15, 0.2) is 29.6 Å².